The minimum absolute atomic E-state index is 0.165. The number of fused-ring (bicyclic) bond motifs is 1. The standard InChI is InChI=1S/C29H32N2O7/c1-3-15-30(19-9-11-21(37-2)12-10-19)27(34)25-29-14-13-22(38-29)23(28(35)36)24(29)26(33)31(25)20(17-32)16-18-7-5-4-6-8-18/h3-12,20,22-25,32H,1,13-17H2,2H3,(H,35,36)/t20-,22-,23+,24+,25?,29?/m1/s1. The molecule has 0 aromatic heterocycles. The molecule has 200 valence electrons. The number of carbonyl (C=O) groups excluding carboxylic acids is 2. The molecule has 2 N–H and O–H groups in total. The highest BCUT2D eigenvalue weighted by Gasteiger charge is 2.75. The lowest BCUT2D eigenvalue weighted by atomic mass is 9.70. The number of hydrogen-bond acceptors (Lipinski definition) is 6. The minimum atomic E-state index is -1.28. The number of benzene rings is 2. The first-order chi connectivity index (χ1) is 18.4. The molecule has 2 aromatic carbocycles. The van der Waals surface area contributed by atoms with Crippen molar-refractivity contribution in [2.45, 2.75) is 43.1 Å². The van der Waals surface area contributed by atoms with Crippen LogP contribution in [0, 0.1) is 11.8 Å². The molecule has 3 aliphatic rings. The SMILES string of the molecule is C=CCN(C(=O)C1N([C@@H](CO)Cc2ccccc2)C(=O)[C@@H]2[C@@H](C(=O)O)[C@H]3CCC12O3)c1ccc(OC)cc1. The highest BCUT2D eigenvalue weighted by molar-refractivity contribution is 6.04. The maximum Gasteiger partial charge on any atom is 0.310 e. The Morgan fingerprint density at radius 3 is 2.55 bits per heavy atom. The number of aliphatic hydroxyl groups excluding tert-OH is 1. The first kappa shape index (κ1) is 25.9. The van der Waals surface area contributed by atoms with Gasteiger partial charge in [-0.25, -0.2) is 0 Å². The molecule has 2 aromatic rings. The Balaban J connectivity index is 1.59. The molecule has 5 rings (SSSR count). The number of methoxy groups -OCH3 is 1. The van der Waals surface area contributed by atoms with Gasteiger partial charge in [-0.05, 0) is 49.1 Å². The van der Waals surface area contributed by atoms with Gasteiger partial charge in [0.15, 0.2) is 0 Å². The molecular formula is C29H32N2O7. The summed E-state index contributed by atoms with van der Waals surface area (Å²) >= 11 is 0. The van der Waals surface area contributed by atoms with Crippen LogP contribution in [0.15, 0.2) is 67.3 Å². The molecule has 9 heteroatoms. The summed E-state index contributed by atoms with van der Waals surface area (Å²) in [5.41, 5.74) is 0.185. The maximum atomic E-state index is 14.5. The van der Waals surface area contributed by atoms with Crippen molar-refractivity contribution in [3.63, 3.8) is 0 Å². The van der Waals surface area contributed by atoms with Crippen molar-refractivity contribution in [1.82, 2.24) is 4.90 Å². The Morgan fingerprint density at radius 1 is 1.24 bits per heavy atom. The van der Waals surface area contributed by atoms with Crippen molar-refractivity contribution < 1.29 is 34.1 Å². The second-order valence-corrected chi connectivity index (χ2v) is 10.1. The fraction of sp³-hybridized carbons (Fsp3) is 0.414. The van der Waals surface area contributed by atoms with E-state index in [1.54, 1.807) is 37.5 Å². The Kier molecular flexibility index (Phi) is 6.98. The molecule has 2 bridgehead atoms. The molecule has 6 atom stereocenters. The number of carbonyl (C=O) groups is 3. The number of rotatable bonds is 10. The molecule has 3 saturated heterocycles. The summed E-state index contributed by atoms with van der Waals surface area (Å²) in [6, 6.07) is 14.5. The van der Waals surface area contributed by atoms with Crippen molar-refractivity contribution in [1.29, 1.82) is 0 Å². The number of hydrogen-bond donors (Lipinski definition) is 2. The largest absolute Gasteiger partial charge is 0.497 e. The lowest BCUT2D eigenvalue weighted by Crippen LogP contribution is -2.59. The van der Waals surface area contributed by atoms with Gasteiger partial charge in [-0.1, -0.05) is 36.4 Å². The monoisotopic (exact) mass is 520 g/mol. The summed E-state index contributed by atoms with van der Waals surface area (Å²) in [6.07, 6.45) is 2.11. The van der Waals surface area contributed by atoms with E-state index >= 15 is 0 Å². The molecule has 38 heavy (non-hydrogen) atoms. The van der Waals surface area contributed by atoms with Crippen molar-refractivity contribution >= 4 is 23.5 Å². The molecule has 2 unspecified atom stereocenters. The topological polar surface area (TPSA) is 117 Å². The predicted molar refractivity (Wildman–Crippen MR) is 139 cm³/mol. The normalized spacial score (nSPS) is 28.2. The number of carboxylic acids is 1. The number of ether oxygens (including phenoxy) is 2. The summed E-state index contributed by atoms with van der Waals surface area (Å²) < 4.78 is 11.6. The molecule has 3 heterocycles. The van der Waals surface area contributed by atoms with Gasteiger partial charge in [0, 0.05) is 12.2 Å². The fourth-order valence-corrected chi connectivity index (χ4v) is 6.54. The summed E-state index contributed by atoms with van der Waals surface area (Å²) in [5.74, 6) is -3.38. The first-order valence-corrected chi connectivity index (χ1v) is 12.8. The second-order valence-electron chi connectivity index (χ2n) is 10.1. The quantitative estimate of drug-likeness (QED) is 0.462. The average Bonchev–Trinajstić information content (AvgIpc) is 3.58. The Morgan fingerprint density at radius 2 is 1.95 bits per heavy atom. The Labute approximate surface area is 221 Å². The van der Waals surface area contributed by atoms with Crippen LogP contribution >= 0.6 is 0 Å². The van der Waals surface area contributed by atoms with Gasteiger partial charge < -0.3 is 29.5 Å². The summed E-state index contributed by atoms with van der Waals surface area (Å²) in [4.78, 5) is 43.7. The third-order valence-corrected chi connectivity index (χ3v) is 8.14. The Hall–Kier alpha value is -3.69. The first-order valence-electron chi connectivity index (χ1n) is 12.8. The van der Waals surface area contributed by atoms with E-state index < -0.39 is 60.0 Å². The van der Waals surface area contributed by atoms with Crippen LogP contribution in [0.4, 0.5) is 5.69 Å². The lowest BCUT2D eigenvalue weighted by Gasteiger charge is -2.39. The summed E-state index contributed by atoms with van der Waals surface area (Å²) in [7, 11) is 1.55. The van der Waals surface area contributed by atoms with Gasteiger partial charge >= 0.3 is 5.97 Å². The zero-order chi connectivity index (χ0) is 27.0. The van der Waals surface area contributed by atoms with Crippen LogP contribution in [-0.2, 0) is 25.5 Å². The number of likely N-dealkylation sites (tertiary alicyclic amines) is 1. The molecule has 3 aliphatic heterocycles. The van der Waals surface area contributed by atoms with E-state index in [1.165, 1.54) is 9.80 Å². The predicted octanol–water partition coefficient (Wildman–Crippen LogP) is 2.28. The average molecular weight is 521 g/mol. The number of amides is 2. The van der Waals surface area contributed by atoms with E-state index in [9.17, 15) is 24.6 Å². The summed E-state index contributed by atoms with van der Waals surface area (Å²) in [5, 5.41) is 20.5. The lowest BCUT2D eigenvalue weighted by molar-refractivity contribution is -0.151. The zero-order valence-electron chi connectivity index (χ0n) is 21.2. The van der Waals surface area contributed by atoms with Crippen LogP contribution in [0.3, 0.4) is 0 Å². The van der Waals surface area contributed by atoms with E-state index in [-0.39, 0.29) is 6.54 Å². The molecule has 0 saturated carbocycles. The number of anilines is 1. The second kappa shape index (κ2) is 10.2. The van der Waals surface area contributed by atoms with Gasteiger partial charge in [-0.3, -0.25) is 14.4 Å². The van der Waals surface area contributed by atoms with Gasteiger partial charge in [0.2, 0.25) is 5.91 Å². The highest BCUT2D eigenvalue weighted by Crippen LogP contribution is 2.59. The molecule has 1 spiro atoms. The van der Waals surface area contributed by atoms with E-state index in [2.05, 4.69) is 6.58 Å². The van der Waals surface area contributed by atoms with E-state index in [4.69, 9.17) is 9.47 Å². The fourth-order valence-electron chi connectivity index (χ4n) is 6.54. The van der Waals surface area contributed by atoms with Gasteiger partial charge in [0.05, 0.1) is 37.7 Å². The third-order valence-electron chi connectivity index (χ3n) is 8.14. The van der Waals surface area contributed by atoms with Crippen LogP contribution in [0.2, 0.25) is 0 Å². The molecule has 0 aliphatic carbocycles. The van der Waals surface area contributed by atoms with Gasteiger partial charge in [-0.2, -0.15) is 0 Å². The van der Waals surface area contributed by atoms with Crippen molar-refractivity contribution in [2.75, 3.05) is 25.2 Å². The zero-order valence-corrected chi connectivity index (χ0v) is 21.2. The van der Waals surface area contributed by atoms with Gasteiger partial charge in [0.25, 0.3) is 5.91 Å². The van der Waals surface area contributed by atoms with Crippen molar-refractivity contribution in [2.24, 2.45) is 11.8 Å². The van der Waals surface area contributed by atoms with E-state index in [1.807, 2.05) is 30.3 Å². The van der Waals surface area contributed by atoms with Crippen LogP contribution < -0.4 is 9.64 Å². The molecular weight excluding hydrogens is 488 g/mol. The maximum absolute atomic E-state index is 14.5. The summed E-state index contributed by atoms with van der Waals surface area (Å²) in [6.45, 7) is 3.58. The van der Waals surface area contributed by atoms with E-state index in [0.29, 0.717) is 30.7 Å². The third kappa shape index (κ3) is 4.06. The van der Waals surface area contributed by atoms with Crippen molar-refractivity contribution in [3.8, 4) is 5.75 Å². The minimum Gasteiger partial charge on any atom is -0.497 e. The highest BCUT2D eigenvalue weighted by atomic mass is 16.5. The number of aliphatic carboxylic acids is 1. The number of nitrogens with zero attached hydrogens (tertiary/aromatic N) is 2. The molecule has 0 radical (unpaired) electrons. The van der Waals surface area contributed by atoms with Crippen LogP contribution in [0.1, 0.15) is 18.4 Å². The van der Waals surface area contributed by atoms with Gasteiger partial charge in [0.1, 0.15) is 17.4 Å². The number of aliphatic hydroxyl groups is 1. The van der Waals surface area contributed by atoms with Crippen LogP contribution in [0.5, 0.6) is 5.75 Å². The Bertz CT molecular complexity index is 1220. The number of carboxylic acid groups (broad SMARTS) is 1. The molecule has 2 amide bonds. The van der Waals surface area contributed by atoms with Crippen LogP contribution in [0.25, 0.3) is 0 Å². The molecule has 3 fully saturated rings. The van der Waals surface area contributed by atoms with Crippen molar-refractivity contribution in [3.05, 3.63) is 72.8 Å². The molecule has 9 nitrogen and oxygen atoms in total. The van der Waals surface area contributed by atoms with E-state index in [0.717, 1.165) is 5.56 Å². The van der Waals surface area contributed by atoms with Crippen LogP contribution in [-0.4, -0.2) is 76.9 Å². The van der Waals surface area contributed by atoms with Gasteiger partial charge in [-0.15, -0.1) is 6.58 Å². The smallest absolute Gasteiger partial charge is 0.310 e.